The first-order valence-electron chi connectivity index (χ1n) is 12.3. The highest BCUT2D eigenvalue weighted by Crippen LogP contribution is 2.39. The number of aromatic nitrogens is 3. The molecular formula is C26H29F2N5O3. The molecule has 2 amide bonds. The Balaban J connectivity index is 1.49. The Bertz CT molecular complexity index is 1340. The Morgan fingerprint density at radius 1 is 1.22 bits per heavy atom. The maximum absolute atomic E-state index is 15.4. The van der Waals surface area contributed by atoms with Gasteiger partial charge in [0.2, 0.25) is 5.91 Å². The van der Waals surface area contributed by atoms with E-state index in [4.69, 9.17) is 4.74 Å². The number of aryl methyl sites for hydroxylation is 2. The summed E-state index contributed by atoms with van der Waals surface area (Å²) in [4.78, 5) is 38.4. The number of benzene rings is 1. The van der Waals surface area contributed by atoms with Gasteiger partial charge in [-0.25, -0.2) is 18.7 Å². The van der Waals surface area contributed by atoms with Crippen molar-refractivity contribution in [2.24, 2.45) is 5.92 Å². The fraction of sp³-hybridized carbons (Fsp3) is 0.462. The Hall–Kier alpha value is -3.56. The number of halogens is 2. The molecule has 1 aliphatic heterocycles. The lowest BCUT2D eigenvalue weighted by atomic mass is 10.0. The van der Waals surface area contributed by atoms with Gasteiger partial charge in [0.15, 0.2) is 0 Å². The molecule has 3 aromatic rings. The zero-order valence-corrected chi connectivity index (χ0v) is 20.5. The first-order valence-corrected chi connectivity index (χ1v) is 12.3. The Morgan fingerprint density at radius 3 is 2.72 bits per heavy atom. The van der Waals surface area contributed by atoms with Crippen LogP contribution in [-0.2, 0) is 4.79 Å². The fourth-order valence-electron chi connectivity index (χ4n) is 4.65. The molecule has 0 bridgehead atoms. The van der Waals surface area contributed by atoms with Crippen LogP contribution in [0.5, 0.6) is 5.75 Å². The molecule has 36 heavy (non-hydrogen) atoms. The quantitative estimate of drug-likeness (QED) is 0.516. The second kappa shape index (κ2) is 9.48. The second-order valence-electron chi connectivity index (χ2n) is 9.64. The van der Waals surface area contributed by atoms with Gasteiger partial charge >= 0.3 is 0 Å². The summed E-state index contributed by atoms with van der Waals surface area (Å²) in [5.74, 6) is -0.260. The third-order valence-corrected chi connectivity index (χ3v) is 6.92. The maximum Gasteiger partial charge on any atom is 0.255 e. The van der Waals surface area contributed by atoms with Crippen molar-refractivity contribution >= 4 is 22.8 Å². The molecule has 190 valence electrons. The van der Waals surface area contributed by atoms with E-state index in [-0.39, 0.29) is 42.2 Å². The molecule has 2 N–H and O–H groups in total. The molecule has 10 heteroatoms. The molecule has 1 saturated heterocycles. The molecule has 0 spiro atoms. The highest BCUT2D eigenvalue weighted by molar-refractivity contribution is 6.09. The van der Waals surface area contributed by atoms with E-state index >= 15 is 4.39 Å². The zero-order chi connectivity index (χ0) is 25.6. The van der Waals surface area contributed by atoms with Crippen LogP contribution in [0.15, 0.2) is 18.5 Å². The number of fused-ring (bicyclic) bond motifs is 1. The first-order chi connectivity index (χ1) is 17.3. The minimum absolute atomic E-state index is 0.0485. The van der Waals surface area contributed by atoms with Crippen LogP contribution in [0.3, 0.4) is 0 Å². The van der Waals surface area contributed by atoms with Crippen molar-refractivity contribution in [3.8, 4) is 17.0 Å². The summed E-state index contributed by atoms with van der Waals surface area (Å²) in [5, 5.41) is 2.72. The number of hydrogen-bond donors (Lipinski definition) is 2. The molecule has 1 aromatic carbocycles. The van der Waals surface area contributed by atoms with Crippen LogP contribution >= 0.6 is 0 Å². The number of alkyl halides is 1. The normalized spacial score (nSPS) is 19.6. The summed E-state index contributed by atoms with van der Waals surface area (Å²) >= 11 is 0. The molecule has 2 fully saturated rings. The van der Waals surface area contributed by atoms with E-state index in [9.17, 15) is 14.0 Å². The molecule has 1 aliphatic carbocycles. The summed E-state index contributed by atoms with van der Waals surface area (Å²) in [6.45, 7) is 5.65. The van der Waals surface area contributed by atoms with Crippen LogP contribution in [0.2, 0.25) is 0 Å². The Kier molecular flexibility index (Phi) is 6.36. The van der Waals surface area contributed by atoms with Crippen molar-refractivity contribution in [1.82, 2.24) is 25.2 Å². The molecule has 3 heterocycles. The van der Waals surface area contributed by atoms with Crippen LogP contribution in [-0.4, -0.2) is 63.6 Å². The van der Waals surface area contributed by atoms with E-state index in [1.807, 2.05) is 0 Å². The number of likely N-dealkylation sites (tertiary alicyclic amines) is 1. The van der Waals surface area contributed by atoms with Crippen molar-refractivity contribution < 1.29 is 23.1 Å². The lowest BCUT2D eigenvalue weighted by Gasteiger charge is -2.16. The third-order valence-electron chi connectivity index (χ3n) is 6.92. The molecular weight excluding hydrogens is 468 g/mol. The molecule has 1 saturated carbocycles. The van der Waals surface area contributed by atoms with Gasteiger partial charge < -0.3 is 19.9 Å². The number of rotatable bonds is 7. The largest absolute Gasteiger partial charge is 0.492 e. The Morgan fingerprint density at radius 2 is 2.00 bits per heavy atom. The molecule has 0 radical (unpaired) electrons. The number of nitrogens with one attached hydrogen (secondary N) is 2. The molecule has 0 unspecified atom stereocenters. The van der Waals surface area contributed by atoms with Gasteiger partial charge in [-0.1, -0.05) is 13.0 Å². The number of aromatic amines is 1. The number of carbonyl (C=O) groups excluding carboxylic acids is 2. The van der Waals surface area contributed by atoms with Gasteiger partial charge in [0.25, 0.3) is 5.91 Å². The molecule has 2 aliphatic rings. The van der Waals surface area contributed by atoms with E-state index in [2.05, 4.69) is 20.3 Å². The van der Waals surface area contributed by atoms with Crippen LogP contribution < -0.4 is 10.1 Å². The van der Waals surface area contributed by atoms with Gasteiger partial charge in [-0.15, -0.1) is 0 Å². The monoisotopic (exact) mass is 497 g/mol. The average Bonchev–Trinajstić information content (AvgIpc) is 3.53. The van der Waals surface area contributed by atoms with Gasteiger partial charge in [0, 0.05) is 18.7 Å². The first kappa shape index (κ1) is 24.1. The van der Waals surface area contributed by atoms with E-state index in [1.54, 1.807) is 32.9 Å². The summed E-state index contributed by atoms with van der Waals surface area (Å²) in [5.41, 5.74) is 2.37. The third kappa shape index (κ3) is 4.40. The van der Waals surface area contributed by atoms with Gasteiger partial charge in [0.05, 0.1) is 35.8 Å². The van der Waals surface area contributed by atoms with Crippen molar-refractivity contribution in [1.29, 1.82) is 0 Å². The topological polar surface area (TPSA) is 100 Å². The van der Waals surface area contributed by atoms with Crippen LogP contribution in [0.1, 0.15) is 47.8 Å². The van der Waals surface area contributed by atoms with E-state index in [1.165, 1.54) is 11.2 Å². The van der Waals surface area contributed by atoms with Crippen LogP contribution in [0, 0.1) is 25.6 Å². The number of ether oxygens (including phenoxy) is 1. The minimum Gasteiger partial charge on any atom is -0.492 e. The molecule has 8 nitrogen and oxygen atoms in total. The SMILES string of the molecule is CCC(=O)N1C[C@H](NC(=O)c2c(C)[nH]c3c(-c4c(OCC5CC5)ccc(C)c4F)ncnc23)[C@@H](F)C1. The van der Waals surface area contributed by atoms with Crippen LogP contribution in [0.25, 0.3) is 22.3 Å². The lowest BCUT2D eigenvalue weighted by molar-refractivity contribution is -0.130. The molecule has 5 rings (SSSR count). The standard InChI is InChI=1S/C26H29F2N5O3/c1-4-19(34)33-9-16(27)17(10-33)32-26(35)20-14(3)31-25-23(20)29-12-30-24(25)21-18(36-11-15-6-7-15)8-5-13(2)22(21)28/h5,8,12,15-17,31H,4,6-7,9-11H2,1-3H3,(H,32,35)/t16-,17-/m0/s1. The van der Waals surface area contributed by atoms with Crippen molar-refractivity contribution in [3.63, 3.8) is 0 Å². The van der Waals surface area contributed by atoms with Gasteiger partial charge in [-0.2, -0.15) is 0 Å². The van der Waals surface area contributed by atoms with E-state index in [0.717, 1.165) is 12.8 Å². The summed E-state index contributed by atoms with van der Waals surface area (Å²) in [6, 6.07) is 2.58. The number of amides is 2. The highest BCUT2D eigenvalue weighted by Gasteiger charge is 2.37. The fourth-order valence-corrected chi connectivity index (χ4v) is 4.65. The number of nitrogens with zero attached hydrogens (tertiary/aromatic N) is 3. The lowest BCUT2D eigenvalue weighted by Crippen LogP contribution is -2.42. The maximum atomic E-state index is 15.4. The van der Waals surface area contributed by atoms with Crippen molar-refractivity contribution in [3.05, 3.63) is 41.1 Å². The predicted octanol–water partition coefficient (Wildman–Crippen LogP) is 3.86. The average molecular weight is 498 g/mol. The zero-order valence-electron chi connectivity index (χ0n) is 20.5. The number of carbonyl (C=O) groups is 2. The van der Waals surface area contributed by atoms with Gasteiger partial charge in [0.1, 0.15) is 35.3 Å². The highest BCUT2D eigenvalue weighted by atomic mass is 19.1. The second-order valence-corrected chi connectivity index (χ2v) is 9.64. The number of H-pyrrole nitrogens is 1. The molecule has 2 aromatic heterocycles. The summed E-state index contributed by atoms with van der Waals surface area (Å²) in [6.07, 6.45) is 2.38. The number of hydrogen-bond acceptors (Lipinski definition) is 5. The van der Waals surface area contributed by atoms with Crippen molar-refractivity contribution in [2.45, 2.75) is 52.2 Å². The summed E-state index contributed by atoms with van der Waals surface area (Å²) < 4.78 is 36.0. The van der Waals surface area contributed by atoms with Crippen molar-refractivity contribution in [2.75, 3.05) is 19.7 Å². The smallest absolute Gasteiger partial charge is 0.255 e. The van der Waals surface area contributed by atoms with E-state index in [0.29, 0.717) is 40.6 Å². The predicted molar refractivity (Wildman–Crippen MR) is 130 cm³/mol. The van der Waals surface area contributed by atoms with E-state index < -0.39 is 23.9 Å². The Labute approximate surface area is 207 Å². The molecule has 2 atom stereocenters. The summed E-state index contributed by atoms with van der Waals surface area (Å²) in [7, 11) is 0. The van der Waals surface area contributed by atoms with Crippen LogP contribution in [0.4, 0.5) is 8.78 Å². The minimum atomic E-state index is -1.37. The van der Waals surface area contributed by atoms with Gasteiger partial charge in [-0.05, 0) is 44.2 Å². The van der Waals surface area contributed by atoms with Gasteiger partial charge in [-0.3, -0.25) is 9.59 Å².